The minimum atomic E-state index is 0.144. The maximum absolute atomic E-state index is 4.91. The molecule has 10 aromatic rings. The van der Waals surface area contributed by atoms with Crippen LogP contribution >= 0.6 is 0 Å². The first-order chi connectivity index (χ1) is 32.2. The van der Waals surface area contributed by atoms with Crippen molar-refractivity contribution in [3.05, 3.63) is 168 Å². The average Bonchev–Trinajstić information content (AvgIpc) is 4.21. The van der Waals surface area contributed by atoms with Gasteiger partial charge in [-0.2, -0.15) is 5.10 Å². The number of nitrogens with zero attached hydrogens (tertiary/aromatic N) is 4. The summed E-state index contributed by atoms with van der Waals surface area (Å²) in [5, 5.41) is 18.6. The van der Waals surface area contributed by atoms with Gasteiger partial charge in [0, 0.05) is 35.7 Å². The second kappa shape index (κ2) is 12.2. The van der Waals surface area contributed by atoms with Gasteiger partial charge in [-0.3, -0.25) is 4.57 Å². The first kappa shape index (κ1) is 35.0. The zero-order chi connectivity index (χ0) is 42.4. The topological polar surface area (TPSA) is 67.7 Å². The van der Waals surface area contributed by atoms with Gasteiger partial charge in [-0.05, 0) is 140 Å². The van der Waals surface area contributed by atoms with Gasteiger partial charge < -0.3 is 10.6 Å². The summed E-state index contributed by atoms with van der Waals surface area (Å²) in [6.07, 6.45) is 3.44. The minimum absolute atomic E-state index is 0.144. The summed E-state index contributed by atoms with van der Waals surface area (Å²) in [5.41, 5.74) is 32.6. The molecule has 16 rings (SSSR count). The van der Waals surface area contributed by atoms with E-state index in [-0.39, 0.29) is 13.4 Å². The molecule has 0 fully saturated rings. The van der Waals surface area contributed by atoms with Gasteiger partial charge in [0.1, 0.15) is 0 Å². The van der Waals surface area contributed by atoms with Crippen LogP contribution in [0, 0.1) is 0 Å². The number of aromatic nitrogens is 4. The van der Waals surface area contributed by atoms with Crippen LogP contribution < -0.4 is 43.4 Å². The van der Waals surface area contributed by atoms with E-state index in [1.54, 1.807) is 12.4 Å². The average molecular weight is 829 g/mol. The van der Waals surface area contributed by atoms with Gasteiger partial charge in [-0.1, -0.05) is 130 Å². The van der Waals surface area contributed by atoms with Crippen molar-refractivity contribution in [2.45, 2.75) is 11.8 Å². The molecule has 6 aliphatic rings. The molecule has 0 saturated carbocycles. The quantitative estimate of drug-likeness (QED) is 0.192. The highest BCUT2D eigenvalue weighted by atomic mass is 15.3. The van der Waals surface area contributed by atoms with E-state index in [1.807, 2.05) is 0 Å². The van der Waals surface area contributed by atoms with Gasteiger partial charge in [-0.15, -0.1) is 5.10 Å². The lowest BCUT2D eigenvalue weighted by atomic mass is 9.41. The maximum atomic E-state index is 4.91. The third kappa shape index (κ3) is 4.20. The van der Waals surface area contributed by atoms with Crippen LogP contribution in [-0.4, -0.2) is 60.4 Å². The van der Waals surface area contributed by atoms with E-state index >= 15 is 0 Å². The fourth-order valence-electron chi connectivity index (χ4n) is 13.8. The van der Waals surface area contributed by atoms with Crippen LogP contribution in [0.4, 0.5) is 0 Å². The van der Waals surface area contributed by atoms with Crippen LogP contribution in [0.1, 0.15) is 34.1 Å². The predicted molar refractivity (Wildman–Crippen MR) is 268 cm³/mol. The predicted octanol–water partition coefficient (Wildman–Crippen LogP) is 6.59. The highest BCUT2D eigenvalue weighted by Crippen LogP contribution is 2.49. The zero-order valence-electron chi connectivity index (χ0n) is 35.9. The van der Waals surface area contributed by atoms with Gasteiger partial charge >= 0.3 is 0 Å². The number of fused-ring (bicyclic) bond motifs is 21. The van der Waals surface area contributed by atoms with Crippen molar-refractivity contribution in [2.75, 3.05) is 27.2 Å². The molecule has 6 nitrogen and oxygen atoms in total. The summed E-state index contributed by atoms with van der Waals surface area (Å²) in [4.78, 5) is 4.91. The summed E-state index contributed by atoms with van der Waals surface area (Å²) in [5.74, 6) is 1.22. The van der Waals surface area contributed by atoms with Crippen molar-refractivity contribution < 1.29 is 0 Å². The highest BCUT2D eigenvalue weighted by Gasteiger charge is 2.46. The summed E-state index contributed by atoms with van der Waals surface area (Å²) in [6, 6.07) is 52.0. The fourth-order valence-corrected chi connectivity index (χ4v) is 13.8. The Balaban J connectivity index is 0.925. The molecule has 0 amide bonds. The number of benzene rings is 8. The minimum Gasteiger partial charge on any atom is -0.319 e. The Morgan fingerprint density at radius 2 is 0.892 bits per heavy atom. The fraction of sp³-hybridized carbons (Fsp3) is 0.105. The van der Waals surface area contributed by atoms with Crippen LogP contribution in [0.2, 0.25) is 0 Å². The van der Waals surface area contributed by atoms with Crippen molar-refractivity contribution in [3.8, 4) is 72.7 Å². The van der Waals surface area contributed by atoms with Crippen LogP contribution in [0.3, 0.4) is 0 Å². The maximum Gasteiger partial charge on any atom is 0.254 e. The van der Waals surface area contributed by atoms with E-state index in [2.05, 4.69) is 168 Å². The molecule has 0 radical (unpaired) electrons. The normalized spacial score (nSPS) is 16.3. The smallest absolute Gasteiger partial charge is 0.254 e. The second-order valence-corrected chi connectivity index (χ2v) is 19.0. The highest BCUT2D eigenvalue weighted by molar-refractivity contribution is 7.03. The number of rotatable bonds is 5. The largest absolute Gasteiger partial charge is 0.319 e. The summed E-state index contributed by atoms with van der Waals surface area (Å²) < 4.78 is 2.29. The lowest BCUT2D eigenvalue weighted by Crippen LogP contribution is -2.46. The lowest BCUT2D eigenvalue weighted by Gasteiger charge is -2.16. The molecule has 65 heavy (non-hydrogen) atoms. The molecular formula is C57H38B2N6. The molecule has 2 aromatic heterocycles. The third-order valence-electron chi connectivity index (χ3n) is 16.2. The monoisotopic (exact) mass is 828 g/mol. The van der Waals surface area contributed by atoms with E-state index < -0.39 is 0 Å². The molecule has 8 heteroatoms. The van der Waals surface area contributed by atoms with Gasteiger partial charge in [0.15, 0.2) is 0 Å². The van der Waals surface area contributed by atoms with Gasteiger partial charge in [0.2, 0.25) is 13.4 Å². The lowest BCUT2D eigenvalue weighted by molar-refractivity contribution is 0.720. The van der Waals surface area contributed by atoms with Crippen molar-refractivity contribution in [3.63, 3.8) is 0 Å². The van der Waals surface area contributed by atoms with E-state index in [0.717, 1.165) is 24.1 Å². The Morgan fingerprint density at radius 3 is 1.35 bits per heavy atom. The van der Waals surface area contributed by atoms with Crippen LogP contribution in [0.25, 0.3) is 94.5 Å². The van der Waals surface area contributed by atoms with Gasteiger partial charge in [-0.25, -0.2) is 4.98 Å². The molecule has 2 atom stereocenters. The Labute approximate surface area is 376 Å². The Hall–Kier alpha value is -7.38. The number of likely N-dealkylation sites (N-methyl/N-ethyl adjacent to an activating group) is 2. The van der Waals surface area contributed by atoms with Crippen LogP contribution in [0.15, 0.2) is 146 Å². The van der Waals surface area contributed by atoms with Crippen LogP contribution in [-0.2, 0) is 0 Å². The summed E-state index contributed by atoms with van der Waals surface area (Å²) in [6.45, 7) is 2.10. The van der Waals surface area contributed by atoms with E-state index in [1.165, 1.54) is 133 Å². The Bertz CT molecular complexity index is 3620. The molecule has 302 valence electrons. The van der Waals surface area contributed by atoms with Crippen molar-refractivity contribution in [2.24, 2.45) is 0 Å². The Morgan fingerprint density at radius 1 is 0.446 bits per heavy atom. The third-order valence-corrected chi connectivity index (χ3v) is 16.2. The SMILES string of the molecule is CNCC1c2ccccc2-c2cc3c(cc21)B1c2cc4c(cc2-c2cccc-3c21)c1cc2c(cc1n4-c1nccnn1)B1c3cc4c(cc3-c3cccc-2c31)-c1ccccc1C4CNC. The molecule has 8 aromatic carbocycles. The molecular weight excluding hydrogens is 790 g/mol. The first-order valence-corrected chi connectivity index (χ1v) is 23.1. The molecule has 2 aliphatic carbocycles. The van der Waals surface area contributed by atoms with E-state index in [9.17, 15) is 0 Å². The number of hydrogen-bond donors (Lipinski definition) is 2. The summed E-state index contributed by atoms with van der Waals surface area (Å²) >= 11 is 0. The zero-order valence-corrected chi connectivity index (χ0v) is 35.9. The summed E-state index contributed by atoms with van der Waals surface area (Å²) in [7, 11) is 4.14. The van der Waals surface area contributed by atoms with Gasteiger partial charge in [0.25, 0.3) is 5.95 Å². The molecule has 4 aliphatic heterocycles. The molecule has 0 saturated heterocycles. The van der Waals surface area contributed by atoms with Crippen LogP contribution in [0.5, 0.6) is 0 Å². The van der Waals surface area contributed by atoms with Crippen molar-refractivity contribution in [1.82, 2.24) is 30.4 Å². The Kier molecular flexibility index (Phi) is 6.60. The number of hydrogen-bond acceptors (Lipinski definition) is 5. The second-order valence-electron chi connectivity index (χ2n) is 19.0. The first-order valence-electron chi connectivity index (χ1n) is 23.1. The van der Waals surface area contributed by atoms with E-state index in [0.29, 0.717) is 17.8 Å². The molecule has 2 unspecified atom stereocenters. The molecule has 2 N–H and O–H groups in total. The van der Waals surface area contributed by atoms with Gasteiger partial charge in [0.05, 0.1) is 23.4 Å². The van der Waals surface area contributed by atoms with Crippen molar-refractivity contribution >= 4 is 68.0 Å². The molecule has 0 bridgehead atoms. The van der Waals surface area contributed by atoms with Crippen molar-refractivity contribution in [1.29, 1.82) is 0 Å². The van der Waals surface area contributed by atoms with E-state index in [4.69, 9.17) is 10.1 Å². The molecule has 0 spiro atoms. The standard InChI is InChI=1S/C57H38B2N6/c1-60-27-47-31-11-5-3-9-29(31)37-19-41-33-13-7-15-35-43-21-45-46-22-44-36-16-8-14-34-42-20-38-30-10-4-6-12-32(30)48(28-61-2)40(38)24-50(42)59(56(34)36)52(44)26-54(46)65(57-62-17-18-63-64-57)53(45)25-51(43)58(55(33)35)49(41)23-39(37)47/h3-26,47-48,60-61H,27-28H2,1-2H3. The molecule has 6 heterocycles. The number of nitrogens with one attached hydrogen (secondary N) is 2.